The molecule has 0 aliphatic heterocycles. The molecule has 1 atom stereocenters. The average Bonchev–Trinajstić information content (AvgIpc) is 3.28. The zero-order valence-electron chi connectivity index (χ0n) is 14.2. The van der Waals surface area contributed by atoms with E-state index in [2.05, 4.69) is 15.5 Å². The van der Waals surface area contributed by atoms with Gasteiger partial charge in [0.1, 0.15) is 0 Å². The number of amides is 1. The predicted molar refractivity (Wildman–Crippen MR) is 89.5 cm³/mol. The largest absolute Gasteiger partial charge is 0.391 e. The monoisotopic (exact) mass is 329 g/mol. The molecule has 1 fully saturated rings. The molecular formula is C18H23N3O3. The molecule has 6 heteroatoms. The highest BCUT2D eigenvalue weighted by atomic mass is 16.5. The van der Waals surface area contributed by atoms with Crippen molar-refractivity contribution in [3.8, 4) is 11.4 Å². The highest BCUT2D eigenvalue weighted by Gasteiger charge is 2.29. The van der Waals surface area contributed by atoms with E-state index in [0.29, 0.717) is 23.2 Å². The van der Waals surface area contributed by atoms with Crippen LogP contribution in [0.2, 0.25) is 0 Å². The van der Waals surface area contributed by atoms with Gasteiger partial charge in [0, 0.05) is 23.6 Å². The van der Waals surface area contributed by atoms with Crippen molar-refractivity contribution < 1.29 is 14.4 Å². The van der Waals surface area contributed by atoms with Gasteiger partial charge in [0.25, 0.3) is 5.91 Å². The van der Waals surface area contributed by atoms with Gasteiger partial charge in [-0.1, -0.05) is 38.1 Å². The first-order valence-corrected chi connectivity index (χ1v) is 8.25. The third kappa shape index (κ3) is 3.82. The first-order chi connectivity index (χ1) is 11.3. The third-order valence-corrected chi connectivity index (χ3v) is 4.21. The van der Waals surface area contributed by atoms with E-state index >= 15 is 0 Å². The summed E-state index contributed by atoms with van der Waals surface area (Å²) >= 11 is 0. The van der Waals surface area contributed by atoms with Crippen molar-refractivity contribution in [3.05, 3.63) is 35.7 Å². The van der Waals surface area contributed by atoms with Crippen LogP contribution in [0.5, 0.6) is 0 Å². The molecule has 1 saturated carbocycles. The zero-order chi connectivity index (χ0) is 17.3. The van der Waals surface area contributed by atoms with Crippen LogP contribution < -0.4 is 5.32 Å². The first kappa shape index (κ1) is 16.6. The van der Waals surface area contributed by atoms with Crippen molar-refractivity contribution in [2.75, 3.05) is 6.54 Å². The molecular weight excluding hydrogens is 306 g/mol. The lowest BCUT2D eigenvalue weighted by atomic mass is 9.89. The lowest BCUT2D eigenvalue weighted by Crippen LogP contribution is -2.39. The quantitative estimate of drug-likeness (QED) is 0.880. The van der Waals surface area contributed by atoms with Gasteiger partial charge in [-0.2, -0.15) is 4.98 Å². The standard InChI is InChI=1S/C18H23N3O3/c1-18(2,3)14(22)10-19-16(23)13-6-4-5-12(9-13)15-20-17(24-21-15)11-7-8-11/h4-6,9,11,14,22H,7-8,10H2,1-3H3,(H,19,23). The van der Waals surface area contributed by atoms with Crippen molar-refractivity contribution in [3.63, 3.8) is 0 Å². The van der Waals surface area contributed by atoms with Gasteiger partial charge in [0.15, 0.2) is 0 Å². The van der Waals surface area contributed by atoms with Crippen LogP contribution in [-0.2, 0) is 0 Å². The minimum absolute atomic E-state index is 0.209. The maximum atomic E-state index is 12.3. The van der Waals surface area contributed by atoms with Crippen LogP contribution in [-0.4, -0.2) is 33.8 Å². The number of nitrogens with one attached hydrogen (secondary N) is 1. The summed E-state index contributed by atoms with van der Waals surface area (Å²) in [5.74, 6) is 1.34. The van der Waals surface area contributed by atoms with E-state index in [9.17, 15) is 9.90 Å². The van der Waals surface area contributed by atoms with E-state index in [-0.39, 0.29) is 17.9 Å². The summed E-state index contributed by atoms with van der Waals surface area (Å²) in [4.78, 5) is 16.7. The Bertz CT molecular complexity index is 729. The molecule has 2 aromatic rings. The molecule has 0 spiro atoms. The van der Waals surface area contributed by atoms with Crippen LogP contribution in [0.15, 0.2) is 28.8 Å². The second kappa shape index (κ2) is 6.36. The fourth-order valence-corrected chi connectivity index (χ4v) is 2.25. The van der Waals surface area contributed by atoms with Crippen molar-refractivity contribution in [1.29, 1.82) is 0 Å². The number of carbonyl (C=O) groups is 1. The SMILES string of the molecule is CC(C)(C)C(O)CNC(=O)c1cccc(-c2noc(C3CC3)n2)c1. The van der Waals surface area contributed by atoms with E-state index in [0.717, 1.165) is 18.4 Å². The number of aliphatic hydroxyl groups is 1. The topological polar surface area (TPSA) is 88.2 Å². The third-order valence-electron chi connectivity index (χ3n) is 4.21. The summed E-state index contributed by atoms with van der Waals surface area (Å²) in [6, 6.07) is 7.10. The second-order valence-electron chi connectivity index (χ2n) is 7.40. The van der Waals surface area contributed by atoms with Crippen LogP contribution in [0, 0.1) is 5.41 Å². The normalized spacial score (nSPS) is 16.0. The molecule has 0 bridgehead atoms. The van der Waals surface area contributed by atoms with Crippen LogP contribution in [0.3, 0.4) is 0 Å². The number of hydrogen-bond acceptors (Lipinski definition) is 5. The van der Waals surface area contributed by atoms with Gasteiger partial charge in [-0.25, -0.2) is 0 Å². The molecule has 128 valence electrons. The fraction of sp³-hybridized carbons (Fsp3) is 0.500. The van der Waals surface area contributed by atoms with Gasteiger partial charge in [0.2, 0.25) is 11.7 Å². The molecule has 1 heterocycles. The lowest BCUT2D eigenvalue weighted by molar-refractivity contribution is 0.0587. The molecule has 1 unspecified atom stereocenters. The molecule has 3 rings (SSSR count). The molecule has 1 amide bonds. The van der Waals surface area contributed by atoms with Crippen LogP contribution in [0.1, 0.15) is 55.8 Å². The number of hydrogen-bond donors (Lipinski definition) is 2. The molecule has 1 aliphatic carbocycles. The van der Waals surface area contributed by atoms with Crippen LogP contribution in [0.4, 0.5) is 0 Å². The number of aromatic nitrogens is 2. The van der Waals surface area contributed by atoms with Crippen molar-refractivity contribution in [2.45, 2.75) is 45.6 Å². The summed E-state index contributed by atoms with van der Waals surface area (Å²) in [6.07, 6.45) is 1.59. The Labute approximate surface area is 141 Å². The number of rotatable bonds is 5. The van der Waals surface area contributed by atoms with Gasteiger partial charge in [-0.05, 0) is 30.4 Å². The summed E-state index contributed by atoms with van der Waals surface area (Å²) < 4.78 is 5.27. The number of nitrogens with zero attached hydrogens (tertiary/aromatic N) is 2. The highest BCUT2D eigenvalue weighted by Crippen LogP contribution is 2.39. The summed E-state index contributed by atoms with van der Waals surface area (Å²) in [6.45, 7) is 6.00. The Morgan fingerprint density at radius 3 is 2.83 bits per heavy atom. The minimum atomic E-state index is -0.608. The van der Waals surface area contributed by atoms with E-state index < -0.39 is 6.10 Å². The molecule has 0 saturated heterocycles. The molecule has 1 aliphatic rings. The number of benzene rings is 1. The molecule has 0 radical (unpaired) electrons. The van der Waals surface area contributed by atoms with Gasteiger partial charge >= 0.3 is 0 Å². The van der Waals surface area contributed by atoms with Crippen molar-refractivity contribution in [1.82, 2.24) is 15.5 Å². The molecule has 1 aromatic heterocycles. The Morgan fingerprint density at radius 2 is 2.17 bits per heavy atom. The maximum absolute atomic E-state index is 12.3. The fourth-order valence-electron chi connectivity index (χ4n) is 2.25. The Hall–Kier alpha value is -2.21. The summed E-state index contributed by atoms with van der Waals surface area (Å²) in [7, 11) is 0. The average molecular weight is 329 g/mol. The molecule has 6 nitrogen and oxygen atoms in total. The zero-order valence-corrected chi connectivity index (χ0v) is 14.2. The Kier molecular flexibility index (Phi) is 4.41. The smallest absolute Gasteiger partial charge is 0.251 e. The number of carbonyl (C=O) groups excluding carboxylic acids is 1. The van der Waals surface area contributed by atoms with Crippen LogP contribution in [0.25, 0.3) is 11.4 Å². The highest BCUT2D eigenvalue weighted by molar-refractivity contribution is 5.95. The first-order valence-electron chi connectivity index (χ1n) is 8.25. The Balaban J connectivity index is 1.68. The molecule has 1 aromatic carbocycles. The summed E-state index contributed by atoms with van der Waals surface area (Å²) in [5.41, 5.74) is 0.972. The molecule has 2 N–H and O–H groups in total. The van der Waals surface area contributed by atoms with E-state index in [1.54, 1.807) is 18.2 Å². The van der Waals surface area contributed by atoms with Crippen molar-refractivity contribution >= 4 is 5.91 Å². The second-order valence-corrected chi connectivity index (χ2v) is 7.40. The van der Waals surface area contributed by atoms with Gasteiger partial charge in [-0.15, -0.1) is 0 Å². The van der Waals surface area contributed by atoms with Gasteiger partial charge < -0.3 is 14.9 Å². The molecule has 24 heavy (non-hydrogen) atoms. The van der Waals surface area contributed by atoms with E-state index in [1.165, 1.54) is 0 Å². The van der Waals surface area contributed by atoms with Gasteiger partial charge in [0.05, 0.1) is 6.10 Å². The lowest BCUT2D eigenvalue weighted by Gasteiger charge is -2.25. The van der Waals surface area contributed by atoms with Crippen molar-refractivity contribution in [2.24, 2.45) is 5.41 Å². The Morgan fingerprint density at radius 1 is 1.42 bits per heavy atom. The predicted octanol–water partition coefficient (Wildman–Crippen LogP) is 2.75. The van der Waals surface area contributed by atoms with Crippen LogP contribution >= 0.6 is 0 Å². The maximum Gasteiger partial charge on any atom is 0.251 e. The van der Waals surface area contributed by atoms with E-state index in [1.807, 2.05) is 26.8 Å². The summed E-state index contributed by atoms with van der Waals surface area (Å²) in [5, 5.41) is 16.8. The van der Waals surface area contributed by atoms with Gasteiger partial charge in [-0.3, -0.25) is 4.79 Å². The van der Waals surface area contributed by atoms with E-state index in [4.69, 9.17) is 4.52 Å². The minimum Gasteiger partial charge on any atom is -0.391 e. The number of aliphatic hydroxyl groups excluding tert-OH is 1.